The molecule has 0 aromatic heterocycles. The minimum atomic E-state index is -0.844. The van der Waals surface area contributed by atoms with Crippen LogP contribution in [0.3, 0.4) is 0 Å². The van der Waals surface area contributed by atoms with Crippen LogP contribution in [0.2, 0.25) is 0 Å². The van der Waals surface area contributed by atoms with Gasteiger partial charge in [-0.1, -0.05) is 351 Å². The van der Waals surface area contributed by atoms with E-state index in [0.717, 1.165) is 51.4 Å². The Kier molecular flexibility index (Phi) is 70.4. The first kappa shape index (κ1) is 80.8. The molecule has 1 amide bonds. The molecule has 0 saturated heterocycles. The fraction of sp³-hybridized carbons (Fsp3) is 0.870. The molecule has 0 bridgehead atoms. The molecule has 0 spiro atoms. The number of allylic oxidation sites excluding steroid dienone is 7. The smallest absolute Gasteiger partial charge is 0.305 e. The average molecular weight is 1170 g/mol. The van der Waals surface area contributed by atoms with Crippen molar-refractivity contribution < 1.29 is 24.5 Å². The molecule has 488 valence electrons. The van der Waals surface area contributed by atoms with E-state index in [9.17, 15) is 19.8 Å². The Morgan fingerprint density at radius 3 is 0.940 bits per heavy atom. The summed E-state index contributed by atoms with van der Waals surface area (Å²) in [5.74, 6) is -0.0577. The van der Waals surface area contributed by atoms with E-state index in [-0.39, 0.29) is 18.5 Å². The number of carbonyl (C=O) groups is 2. The summed E-state index contributed by atoms with van der Waals surface area (Å²) < 4.78 is 5.49. The van der Waals surface area contributed by atoms with Crippen LogP contribution in [-0.2, 0) is 14.3 Å². The predicted octanol–water partition coefficient (Wildman–Crippen LogP) is 24.4. The summed E-state index contributed by atoms with van der Waals surface area (Å²) in [6.45, 7) is 4.91. The summed E-state index contributed by atoms with van der Waals surface area (Å²) in [6.07, 6.45) is 94.9. The maximum Gasteiger partial charge on any atom is 0.305 e. The van der Waals surface area contributed by atoms with Gasteiger partial charge >= 0.3 is 5.97 Å². The van der Waals surface area contributed by atoms with Crippen LogP contribution in [0.15, 0.2) is 48.6 Å². The van der Waals surface area contributed by atoms with Crippen molar-refractivity contribution >= 4 is 11.9 Å². The first-order valence-electron chi connectivity index (χ1n) is 37.4. The largest absolute Gasteiger partial charge is 0.466 e. The summed E-state index contributed by atoms with van der Waals surface area (Å²) in [6, 6.07) is -0.627. The molecule has 3 N–H and O–H groups in total. The molecule has 0 aromatic carbocycles. The van der Waals surface area contributed by atoms with E-state index in [1.54, 1.807) is 6.08 Å². The second-order valence-electron chi connectivity index (χ2n) is 25.6. The number of aliphatic hydroxyl groups is 2. The average Bonchev–Trinajstić information content (AvgIpc) is 3.49. The van der Waals surface area contributed by atoms with Crippen molar-refractivity contribution in [2.75, 3.05) is 13.2 Å². The summed E-state index contributed by atoms with van der Waals surface area (Å²) in [4.78, 5) is 24.6. The van der Waals surface area contributed by atoms with Gasteiger partial charge in [-0.25, -0.2) is 0 Å². The van der Waals surface area contributed by atoms with Gasteiger partial charge in [0.1, 0.15) is 0 Å². The Bertz CT molecular complexity index is 1390. The van der Waals surface area contributed by atoms with Crippen molar-refractivity contribution in [1.82, 2.24) is 5.32 Å². The third kappa shape index (κ3) is 68.8. The molecule has 2 atom stereocenters. The Balaban J connectivity index is 3.38. The lowest BCUT2D eigenvalue weighted by atomic mass is 10.0. The maximum atomic E-state index is 12.5. The van der Waals surface area contributed by atoms with Gasteiger partial charge < -0.3 is 20.3 Å². The van der Waals surface area contributed by atoms with Gasteiger partial charge in [-0.2, -0.15) is 0 Å². The second-order valence-corrected chi connectivity index (χ2v) is 25.6. The molecular formula is C77H145NO5. The SMILES string of the molecule is CCCCCC/C=C\C/C=C\CCCCCCCC(=O)OCCCCCCCCCCCCCC/C=C\CCCCCCCCCCCCCCCCCCC(=O)NC(CO)C(O)/C=C/CCCCCCCCCCCCCCCCCC. The van der Waals surface area contributed by atoms with Crippen molar-refractivity contribution in [1.29, 1.82) is 0 Å². The van der Waals surface area contributed by atoms with E-state index in [2.05, 4.69) is 55.6 Å². The molecular weight excluding hydrogens is 1020 g/mol. The maximum absolute atomic E-state index is 12.5. The number of amides is 1. The summed E-state index contributed by atoms with van der Waals surface area (Å²) in [7, 11) is 0. The Morgan fingerprint density at radius 1 is 0.337 bits per heavy atom. The van der Waals surface area contributed by atoms with E-state index in [1.807, 2.05) is 6.08 Å². The third-order valence-electron chi connectivity index (χ3n) is 17.3. The third-order valence-corrected chi connectivity index (χ3v) is 17.3. The van der Waals surface area contributed by atoms with Gasteiger partial charge in [0.2, 0.25) is 5.91 Å². The lowest BCUT2D eigenvalue weighted by Gasteiger charge is -2.20. The van der Waals surface area contributed by atoms with Gasteiger partial charge in [0.05, 0.1) is 25.4 Å². The number of carbonyl (C=O) groups excluding carboxylic acids is 2. The lowest BCUT2D eigenvalue weighted by molar-refractivity contribution is -0.143. The predicted molar refractivity (Wildman–Crippen MR) is 366 cm³/mol. The van der Waals surface area contributed by atoms with Crippen LogP contribution < -0.4 is 5.32 Å². The van der Waals surface area contributed by atoms with Crippen LogP contribution in [-0.4, -0.2) is 47.4 Å². The first-order chi connectivity index (χ1) is 41.0. The number of esters is 1. The van der Waals surface area contributed by atoms with Gasteiger partial charge in [-0.15, -0.1) is 0 Å². The number of ether oxygens (including phenoxy) is 1. The molecule has 0 radical (unpaired) electrons. The highest BCUT2D eigenvalue weighted by Crippen LogP contribution is 2.19. The molecule has 0 saturated carbocycles. The first-order valence-corrected chi connectivity index (χ1v) is 37.4. The zero-order valence-electron chi connectivity index (χ0n) is 55.9. The molecule has 0 fully saturated rings. The number of hydrogen-bond donors (Lipinski definition) is 3. The normalized spacial score (nSPS) is 12.8. The van der Waals surface area contributed by atoms with Crippen LogP contribution in [0.4, 0.5) is 0 Å². The number of nitrogens with one attached hydrogen (secondary N) is 1. The number of aliphatic hydroxyl groups excluding tert-OH is 2. The monoisotopic (exact) mass is 1160 g/mol. The summed E-state index contributed by atoms with van der Waals surface area (Å²) in [5.41, 5.74) is 0. The molecule has 0 aliphatic rings. The zero-order chi connectivity index (χ0) is 59.9. The minimum absolute atomic E-state index is 0.00468. The highest BCUT2D eigenvalue weighted by molar-refractivity contribution is 5.76. The molecule has 83 heavy (non-hydrogen) atoms. The molecule has 0 aliphatic carbocycles. The van der Waals surface area contributed by atoms with Crippen LogP contribution in [0.5, 0.6) is 0 Å². The molecule has 0 rings (SSSR count). The van der Waals surface area contributed by atoms with E-state index in [1.165, 1.54) is 327 Å². The van der Waals surface area contributed by atoms with Crippen molar-refractivity contribution in [2.24, 2.45) is 0 Å². The van der Waals surface area contributed by atoms with Gasteiger partial charge in [0.25, 0.3) is 0 Å². The van der Waals surface area contributed by atoms with Gasteiger partial charge in [0, 0.05) is 12.8 Å². The van der Waals surface area contributed by atoms with E-state index in [0.29, 0.717) is 19.4 Å². The van der Waals surface area contributed by atoms with E-state index < -0.39 is 12.1 Å². The Morgan fingerprint density at radius 2 is 0.602 bits per heavy atom. The molecule has 6 heteroatoms. The lowest BCUT2D eigenvalue weighted by Crippen LogP contribution is -2.45. The van der Waals surface area contributed by atoms with Crippen molar-refractivity contribution in [3.63, 3.8) is 0 Å². The van der Waals surface area contributed by atoms with Crippen LogP contribution >= 0.6 is 0 Å². The molecule has 6 nitrogen and oxygen atoms in total. The Labute approximate surface area is 518 Å². The van der Waals surface area contributed by atoms with Gasteiger partial charge in [-0.3, -0.25) is 9.59 Å². The highest BCUT2D eigenvalue weighted by Gasteiger charge is 2.18. The fourth-order valence-corrected chi connectivity index (χ4v) is 11.6. The second kappa shape index (κ2) is 72.3. The molecule has 0 aliphatic heterocycles. The van der Waals surface area contributed by atoms with Crippen molar-refractivity contribution in [3.8, 4) is 0 Å². The highest BCUT2D eigenvalue weighted by atomic mass is 16.5. The standard InChI is InChI=1S/C77H145NO5/c1-3-5-7-9-11-13-15-17-19-21-38-41-45-49-53-57-61-65-69-75(80)74(73-79)78-76(81)70-66-62-58-54-50-46-42-39-36-34-32-30-28-26-24-22-23-25-27-29-31-33-35-37-40-44-48-52-56-60-64-68-72-83-77(82)71-67-63-59-55-51-47-43-20-18-16-14-12-10-8-6-4-2/h14,16,20,25,27,43,65,69,74-75,79-80H,3-13,15,17-19,21-24,26,28-42,44-64,66-68,70-73H2,1-2H3,(H,78,81)/b16-14-,27-25-,43-20-,69-65+. The molecule has 0 aromatic rings. The number of rotatable bonds is 70. The van der Waals surface area contributed by atoms with Gasteiger partial charge in [-0.05, 0) is 89.9 Å². The molecule has 0 heterocycles. The summed E-state index contributed by atoms with van der Waals surface area (Å²) in [5, 5.41) is 23.2. The minimum Gasteiger partial charge on any atom is -0.466 e. The quantitative estimate of drug-likeness (QED) is 0.0320. The fourth-order valence-electron chi connectivity index (χ4n) is 11.6. The van der Waals surface area contributed by atoms with E-state index >= 15 is 0 Å². The van der Waals surface area contributed by atoms with E-state index in [4.69, 9.17) is 4.74 Å². The number of hydrogen-bond acceptors (Lipinski definition) is 5. The Hall–Kier alpha value is -2.18. The van der Waals surface area contributed by atoms with Crippen LogP contribution in [0, 0.1) is 0 Å². The molecule has 2 unspecified atom stereocenters. The summed E-state index contributed by atoms with van der Waals surface area (Å²) >= 11 is 0. The van der Waals surface area contributed by atoms with Crippen molar-refractivity contribution in [2.45, 2.75) is 418 Å². The topological polar surface area (TPSA) is 95.9 Å². The van der Waals surface area contributed by atoms with Crippen molar-refractivity contribution in [3.05, 3.63) is 48.6 Å². The zero-order valence-corrected chi connectivity index (χ0v) is 55.9. The van der Waals surface area contributed by atoms with Gasteiger partial charge in [0.15, 0.2) is 0 Å². The van der Waals surface area contributed by atoms with Crippen LogP contribution in [0.1, 0.15) is 406 Å². The van der Waals surface area contributed by atoms with Crippen LogP contribution in [0.25, 0.3) is 0 Å². The number of unbranched alkanes of at least 4 members (excludes halogenated alkanes) is 53.